The summed E-state index contributed by atoms with van der Waals surface area (Å²) in [5.41, 5.74) is 0. The van der Waals surface area contributed by atoms with Gasteiger partial charge in [0.05, 0.1) is 6.07 Å². The first-order chi connectivity index (χ1) is 8.72. The number of nitrogens with one attached hydrogen (secondary N) is 2. The van der Waals surface area contributed by atoms with E-state index in [0.29, 0.717) is 31.8 Å². The Morgan fingerprint density at radius 2 is 1.72 bits per heavy atom. The Morgan fingerprint density at radius 1 is 1.11 bits per heavy atom. The van der Waals surface area contributed by atoms with E-state index >= 15 is 0 Å². The van der Waals surface area contributed by atoms with Gasteiger partial charge in [-0.05, 0) is 25.2 Å². The fourth-order valence-corrected chi connectivity index (χ4v) is 2.23. The summed E-state index contributed by atoms with van der Waals surface area (Å²) in [7, 11) is 0. The topological polar surface area (TPSA) is 82.0 Å². The van der Waals surface area contributed by atoms with Crippen molar-refractivity contribution in [3.8, 4) is 6.07 Å². The molecular weight excluding hydrogens is 230 g/mol. The van der Waals surface area contributed by atoms with E-state index in [1.807, 2.05) is 0 Å². The summed E-state index contributed by atoms with van der Waals surface area (Å²) in [5, 5.41) is 13.8. The molecule has 0 saturated heterocycles. The van der Waals surface area contributed by atoms with Gasteiger partial charge in [-0.2, -0.15) is 5.26 Å². The molecule has 1 rings (SSSR count). The molecule has 0 unspecified atom stereocenters. The summed E-state index contributed by atoms with van der Waals surface area (Å²) in [5.74, 6) is 0.431. The maximum absolute atomic E-state index is 11.6. The van der Waals surface area contributed by atoms with Gasteiger partial charge in [-0.15, -0.1) is 0 Å². The third kappa shape index (κ3) is 6.24. The summed E-state index contributed by atoms with van der Waals surface area (Å²) in [6.45, 7) is 1.09. The zero-order chi connectivity index (χ0) is 13.2. The molecule has 2 amide bonds. The Hall–Kier alpha value is -1.57. The van der Waals surface area contributed by atoms with Crippen molar-refractivity contribution in [3.05, 3.63) is 0 Å². The SMILES string of the molecule is N#CCC(=O)NCCCNC(=O)CC1CCCC1. The Labute approximate surface area is 108 Å². The van der Waals surface area contributed by atoms with Gasteiger partial charge < -0.3 is 10.6 Å². The highest BCUT2D eigenvalue weighted by Gasteiger charge is 2.17. The predicted octanol–water partition coefficient (Wildman–Crippen LogP) is 1.10. The second-order valence-corrected chi connectivity index (χ2v) is 4.74. The summed E-state index contributed by atoms with van der Waals surface area (Å²) in [4.78, 5) is 22.5. The highest BCUT2D eigenvalue weighted by atomic mass is 16.2. The molecule has 1 aliphatic carbocycles. The zero-order valence-corrected chi connectivity index (χ0v) is 10.7. The smallest absolute Gasteiger partial charge is 0.234 e. The van der Waals surface area contributed by atoms with Crippen molar-refractivity contribution in [2.75, 3.05) is 13.1 Å². The number of carbonyl (C=O) groups is 2. The number of carbonyl (C=O) groups excluding carboxylic acids is 2. The van der Waals surface area contributed by atoms with Crippen LogP contribution in [0.5, 0.6) is 0 Å². The molecular formula is C13H21N3O2. The lowest BCUT2D eigenvalue weighted by Gasteiger charge is -2.09. The molecule has 0 bridgehead atoms. The van der Waals surface area contributed by atoms with Crippen LogP contribution in [0, 0.1) is 17.2 Å². The zero-order valence-electron chi connectivity index (χ0n) is 10.7. The van der Waals surface area contributed by atoms with E-state index in [1.54, 1.807) is 6.07 Å². The fourth-order valence-electron chi connectivity index (χ4n) is 2.23. The van der Waals surface area contributed by atoms with E-state index in [-0.39, 0.29) is 18.2 Å². The molecule has 0 aromatic rings. The van der Waals surface area contributed by atoms with Crippen LogP contribution in [0.2, 0.25) is 0 Å². The third-order valence-corrected chi connectivity index (χ3v) is 3.19. The van der Waals surface area contributed by atoms with Gasteiger partial charge in [-0.3, -0.25) is 9.59 Å². The van der Waals surface area contributed by atoms with E-state index in [4.69, 9.17) is 5.26 Å². The molecule has 1 aliphatic rings. The molecule has 0 aromatic heterocycles. The van der Waals surface area contributed by atoms with Gasteiger partial charge in [0, 0.05) is 19.5 Å². The van der Waals surface area contributed by atoms with Crippen molar-refractivity contribution in [2.24, 2.45) is 5.92 Å². The number of hydrogen-bond acceptors (Lipinski definition) is 3. The molecule has 5 heteroatoms. The number of hydrogen-bond donors (Lipinski definition) is 2. The van der Waals surface area contributed by atoms with E-state index < -0.39 is 0 Å². The molecule has 5 nitrogen and oxygen atoms in total. The van der Waals surface area contributed by atoms with E-state index in [1.165, 1.54) is 25.7 Å². The highest BCUT2D eigenvalue weighted by Crippen LogP contribution is 2.27. The van der Waals surface area contributed by atoms with E-state index in [0.717, 1.165) is 0 Å². The molecule has 0 atom stereocenters. The van der Waals surface area contributed by atoms with Gasteiger partial charge >= 0.3 is 0 Å². The quantitative estimate of drug-likeness (QED) is 0.665. The molecule has 0 aromatic carbocycles. The van der Waals surface area contributed by atoms with Crippen molar-refractivity contribution in [2.45, 2.75) is 44.9 Å². The highest BCUT2D eigenvalue weighted by molar-refractivity contribution is 5.78. The van der Waals surface area contributed by atoms with Gasteiger partial charge in [-0.25, -0.2) is 0 Å². The number of nitrogens with zero attached hydrogens (tertiary/aromatic N) is 1. The summed E-state index contributed by atoms with van der Waals surface area (Å²) >= 11 is 0. The molecule has 1 fully saturated rings. The summed E-state index contributed by atoms with van der Waals surface area (Å²) in [6, 6.07) is 1.79. The normalized spacial score (nSPS) is 15.1. The molecule has 0 heterocycles. The maximum Gasteiger partial charge on any atom is 0.234 e. The van der Waals surface area contributed by atoms with Gasteiger partial charge in [0.25, 0.3) is 0 Å². The lowest BCUT2D eigenvalue weighted by Crippen LogP contribution is -2.30. The minimum atomic E-state index is -0.255. The van der Waals surface area contributed by atoms with Crippen molar-refractivity contribution in [1.82, 2.24) is 10.6 Å². The lowest BCUT2D eigenvalue weighted by atomic mass is 10.0. The Kier molecular flexibility index (Phi) is 6.85. The van der Waals surface area contributed by atoms with Crippen LogP contribution in [0.3, 0.4) is 0 Å². The molecule has 0 radical (unpaired) electrons. The second kappa shape index (κ2) is 8.51. The molecule has 18 heavy (non-hydrogen) atoms. The first-order valence-electron chi connectivity index (χ1n) is 6.62. The standard InChI is InChI=1S/C13H21N3O2/c14-7-6-12(17)15-8-3-9-16-13(18)10-11-4-1-2-5-11/h11H,1-6,8-10H2,(H,15,17)(H,16,18). The van der Waals surface area contributed by atoms with Crippen molar-refractivity contribution in [3.63, 3.8) is 0 Å². The predicted molar refractivity (Wildman–Crippen MR) is 67.4 cm³/mol. The van der Waals surface area contributed by atoms with Crippen LogP contribution in [-0.2, 0) is 9.59 Å². The van der Waals surface area contributed by atoms with Crippen molar-refractivity contribution < 1.29 is 9.59 Å². The largest absolute Gasteiger partial charge is 0.356 e. The van der Waals surface area contributed by atoms with Crippen LogP contribution in [0.4, 0.5) is 0 Å². The fraction of sp³-hybridized carbons (Fsp3) is 0.769. The average molecular weight is 251 g/mol. The Balaban J connectivity index is 1.95. The molecule has 0 aliphatic heterocycles. The Bertz CT molecular complexity index is 317. The Morgan fingerprint density at radius 3 is 2.33 bits per heavy atom. The maximum atomic E-state index is 11.6. The van der Waals surface area contributed by atoms with Crippen molar-refractivity contribution in [1.29, 1.82) is 5.26 Å². The molecule has 1 saturated carbocycles. The van der Waals surface area contributed by atoms with Gasteiger partial charge in [0.2, 0.25) is 11.8 Å². The number of nitriles is 1. The third-order valence-electron chi connectivity index (χ3n) is 3.19. The lowest BCUT2D eigenvalue weighted by molar-refractivity contribution is -0.122. The molecule has 0 spiro atoms. The minimum Gasteiger partial charge on any atom is -0.356 e. The van der Waals surface area contributed by atoms with Crippen LogP contribution in [0.1, 0.15) is 44.9 Å². The van der Waals surface area contributed by atoms with Gasteiger partial charge in [0.15, 0.2) is 0 Å². The second-order valence-electron chi connectivity index (χ2n) is 4.74. The van der Waals surface area contributed by atoms with Crippen LogP contribution in [-0.4, -0.2) is 24.9 Å². The average Bonchev–Trinajstić information content (AvgIpc) is 2.81. The van der Waals surface area contributed by atoms with E-state index in [2.05, 4.69) is 10.6 Å². The first kappa shape index (κ1) is 14.5. The molecule has 2 N–H and O–H groups in total. The van der Waals surface area contributed by atoms with Crippen LogP contribution >= 0.6 is 0 Å². The summed E-state index contributed by atoms with van der Waals surface area (Å²) in [6.07, 6.45) is 6.10. The van der Waals surface area contributed by atoms with Crippen molar-refractivity contribution >= 4 is 11.8 Å². The van der Waals surface area contributed by atoms with Crippen LogP contribution in [0.15, 0.2) is 0 Å². The number of rotatable bonds is 7. The van der Waals surface area contributed by atoms with Gasteiger partial charge in [0.1, 0.15) is 6.42 Å². The summed E-state index contributed by atoms with van der Waals surface area (Å²) < 4.78 is 0. The monoisotopic (exact) mass is 251 g/mol. The van der Waals surface area contributed by atoms with Crippen LogP contribution in [0.25, 0.3) is 0 Å². The van der Waals surface area contributed by atoms with Gasteiger partial charge in [-0.1, -0.05) is 12.8 Å². The number of amides is 2. The minimum absolute atomic E-state index is 0.103. The van der Waals surface area contributed by atoms with E-state index in [9.17, 15) is 9.59 Å². The molecule has 100 valence electrons. The first-order valence-corrected chi connectivity index (χ1v) is 6.62. The van der Waals surface area contributed by atoms with Crippen LogP contribution < -0.4 is 10.6 Å².